The van der Waals surface area contributed by atoms with Gasteiger partial charge in [0.05, 0.1) is 24.0 Å². The van der Waals surface area contributed by atoms with Crippen molar-refractivity contribution in [1.29, 1.82) is 0 Å². The Morgan fingerprint density at radius 1 is 1.11 bits per heavy atom. The molecule has 0 aromatic carbocycles. The number of carboxylic acid groups (broad SMARTS) is 1. The van der Waals surface area contributed by atoms with Gasteiger partial charge in [0.25, 0.3) is 0 Å². The van der Waals surface area contributed by atoms with Crippen molar-refractivity contribution in [3.8, 4) is 0 Å². The minimum absolute atomic E-state index is 0.0434. The molecule has 0 aliphatic heterocycles. The van der Waals surface area contributed by atoms with Crippen molar-refractivity contribution >= 4 is 11.8 Å². The van der Waals surface area contributed by atoms with E-state index in [1.165, 1.54) is 32.1 Å². The lowest BCUT2D eigenvalue weighted by molar-refractivity contribution is -0.133. The second-order valence-corrected chi connectivity index (χ2v) is 10.6. The number of aliphatic carboxylic acids is 1. The van der Waals surface area contributed by atoms with Gasteiger partial charge < -0.3 is 25.5 Å². The Kier molecular flexibility index (Phi) is 15.0. The summed E-state index contributed by atoms with van der Waals surface area (Å²) in [6.45, 7) is 6.83. The molecular formula is C29H50O7. The molecular weight excluding hydrogens is 460 g/mol. The van der Waals surface area contributed by atoms with Gasteiger partial charge in [0.2, 0.25) is 0 Å². The molecule has 36 heavy (non-hydrogen) atoms. The fraction of sp³-hybridized carbons (Fsp3) is 0.793. The van der Waals surface area contributed by atoms with Gasteiger partial charge >= 0.3 is 5.97 Å². The molecule has 0 radical (unpaired) electrons. The smallest absolute Gasteiger partial charge is 0.334 e. The zero-order chi connectivity index (χ0) is 27.1. The number of ketones is 1. The van der Waals surface area contributed by atoms with Crippen LogP contribution in [0.3, 0.4) is 0 Å². The van der Waals surface area contributed by atoms with Crippen molar-refractivity contribution in [2.24, 2.45) is 17.3 Å². The maximum Gasteiger partial charge on any atom is 0.334 e. The number of carbonyl (C=O) groups is 2. The molecule has 2 rings (SSSR count). The second kappa shape index (κ2) is 16.8. The third kappa shape index (κ3) is 9.55. The molecule has 2 aliphatic rings. The number of hydrogen-bond donors (Lipinski definition) is 5. The average Bonchev–Trinajstić information content (AvgIpc) is 3.06. The normalized spacial score (nSPS) is 24.2. The lowest BCUT2D eigenvalue weighted by atomic mass is 9.61. The van der Waals surface area contributed by atoms with E-state index in [1.807, 2.05) is 0 Å². The van der Waals surface area contributed by atoms with E-state index >= 15 is 0 Å². The van der Waals surface area contributed by atoms with Crippen LogP contribution >= 0.6 is 0 Å². The van der Waals surface area contributed by atoms with Gasteiger partial charge in [-0.1, -0.05) is 59.0 Å². The summed E-state index contributed by atoms with van der Waals surface area (Å²) in [5, 5.41) is 48.0. The number of rotatable bonds is 16. The molecule has 2 fully saturated rings. The number of aliphatic hydroxyl groups is 4. The lowest BCUT2D eigenvalue weighted by Crippen LogP contribution is -2.42. The molecule has 5 N–H and O–H groups in total. The molecule has 2 saturated carbocycles. The Balaban J connectivity index is 0.00000205. The molecule has 0 amide bonds. The van der Waals surface area contributed by atoms with Crippen LogP contribution in [0.15, 0.2) is 24.2 Å². The Labute approximate surface area is 217 Å². The minimum atomic E-state index is -1.09. The van der Waals surface area contributed by atoms with Crippen molar-refractivity contribution in [2.45, 2.75) is 129 Å². The topological polar surface area (TPSA) is 135 Å². The van der Waals surface area contributed by atoms with Crippen LogP contribution in [-0.2, 0) is 9.59 Å². The number of aliphatic hydroxyl groups excluding tert-OH is 4. The average molecular weight is 511 g/mol. The quantitative estimate of drug-likeness (QED) is 0.0922. The van der Waals surface area contributed by atoms with E-state index in [0.717, 1.165) is 25.5 Å². The molecule has 7 nitrogen and oxygen atoms in total. The molecule has 0 aromatic rings. The number of carbonyl (C=O) groups excluding carboxylic acids is 1. The SMILES string of the molecule is C=CO.CCCCCCC1(C(O)CC[C@H]2[C@H](O)CC(=O)[C@@H]2CCCCC(O)=C(CC)C(=O)O)CCC1. The van der Waals surface area contributed by atoms with Crippen LogP contribution in [-0.4, -0.2) is 49.5 Å². The highest BCUT2D eigenvalue weighted by atomic mass is 16.4. The van der Waals surface area contributed by atoms with Gasteiger partial charge in [-0.15, -0.1) is 0 Å². The van der Waals surface area contributed by atoms with E-state index in [9.17, 15) is 24.9 Å². The predicted octanol–water partition coefficient (Wildman–Crippen LogP) is 6.39. The summed E-state index contributed by atoms with van der Waals surface area (Å²) in [5.74, 6) is -1.38. The maximum absolute atomic E-state index is 12.5. The molecule has 0 aromatic heterocycles. The molecule has 2 aliphatic carbocycles. The number of carboxylic acids is 1. The summed E-state index contributed by atoms with van der Waals surface area (Å²) >= 11 is 0. The molecule has 0 spiro atoms. The van der Waals surface area contributed by atoms with E-state index in [4.69, 9.17) is 10.2 Å². The second-order valence-electron chi connectivity index (χ2n) is 10.6. The summed E-state index contributed by atoms with van der Waals surface area (Å²) < 4.78 is 0. The summed E-state index contributed by atoms with van der Waals surface area (Å²) in [6.07, 6.45) is 13.0. The first kappa shape index (κ1) is 32.2. The van der Waals surface area contributed by atoms with Crippen LogP contribution in [0.5, 0.6) is 0 Å². The third-order valence-electron chi connectivity index (χ3n) is 8.33. The highest BCUT2D eigenvalue weighted by molar-refractivity contribution is 5.87. The van der Waals surface area contributed by atoms with Crippen molar-refractivity contribution in [3.05, 3.63) is 24.2 Å². The first-order chi connectivity index (χ1) is 17.2. The predicted molar refractivity (Wildman–Crippen MR) is 142 cm³/mol. The summed E-state index contributed by atoms with van der Waals surface area (Å²) in [5.41, 5.74) is 0.0933. The van der Waals surface area contributed by atoms with Gasteiger partial charge in [0.15, 0.2) is 0 Å². The van der Waals surface area contributed by atoms with Crippen LogP contribution in [0.2, 0.25) is 0 Å². The van der Waals surface area contributed by atoms with Crippen LogP contribution in [0.4, 0.5) is 0 Å². The maximum atomic E-state index is 12.5. The van der Waals surface area contributed by atoms with Crippen LogP contribution in [0.1, 0.15) is 117 Å². The lowest BCUT2D eigenvalue weighted by Gasteiger charge is -2.46. The van der Waals surface area contributed by atoms with E-state index in [0.29, 0.717) is 38.5 Å². The largest absolute Gasteiger partial charge is 0.516 e. The highest BCUT2D eigenvalue weighted by Gasteiger charge is 2.45. The highest BCUT2D eigenvalue weighted by Crippen LogP contribution is 2.50. The van der Waals surface area contributed by atoms with E-state index in [2.05, 4.69) is 13.5 Å². The summed E-state index contributed by atoms with van der Waals surface area (Å²) in [6, 6.07) is 0. The molecule has 1 unspecified atom stereocenters. The number of Topliss-reactive ketones (excluding diaryl/α,β-unsaturated/α-hetero) is 1. The Bertz CT molecular complexity index is 710. The first-order valence-electron chi connectivity index (χ1n) is 14.0. The standard InChI is InChI=1S/C27H46O6.C2H4O/c1-3-5-6-9-15-27(16-10-17-27)25(31)14-13-21-20(23(29)18-24(21)30)11-7-8-12-22(28)19(4-2)26(32)33;1-2-3/h20-21,24-25,28,30-31H,3-18H2,1-2H3,(H,32,33);2-3H,1H2/t20-,21-,24-,25?;/m1./s1. The van der Waals surface area contributed by atoms with E-state index < -0.39 is 12.1 Å². The number of unbranched alkanes of at least 4 members (excludes halogenated alkanes) is 4. The zero-order valence-electron chi connectivity index (χ0n) is 22.5. The van der Waals surface area contributed by atoms with Crippen molar-refractivity contribution in [2.75, 3.05) is 0 Å². The number of allylic oxidation sites excluding steroid dienone is 1. The third-order valence-corrected chi connectivity index (χ3v) is 8.33. The Morgan fingerprint density at radius 3 is 2.31 bits per heavy atom. The Morgan fingerprint density at radius 2 is 1.78 bits per heavy atom. The van der Waals surface area contributed by atoms with Gasteiger partial charge in [-0.3, -0.25) is 4.79 Å². The minimum Gasteiger partial charge on any atom is -0.516 e. The summed E-state index contributed by atoms with van der Waals surface area (Å²) in [4.78, 5) is 23.7. The van der Waals surface area contributed by atoms with Crippen LogP contribution < -0.4 is 0 Å². The molecule has 0 bridgehead atoms. The fourth-order valence-electron chi connectivity index (χ4n) is 6.01. The van der Waals surface area contributed by atoms with Crippen LogP contribution in [0.25, 0.3) is 0 Å². The first-order valence-corrected chi connectivity index (χ1v) is 14.0. The van der Waals surface area contributed by atoms with Crippen molar-refractivity contribution in [3.63, 3.8) is 0 Å². The molecule has 4 atom stereocenters. The van der Waals surface area contributed by atoms with Crippen molar-refractivity contribution < 1.29 is 35.1 Å². The fourth-order valence-corrected chi connectivity index (χ4v) is 6.01. The zero-order valence-corrected chi connectivity index (χ0v) is 22.5. The Hall–Kier alpha value is -1.86. The van der Waals surface area contributed by atoms with Gasteiger partial charge in [-0.05, 0) is 62.7 Å². The molecule has 0 saturated heterocycles. The van der Waals surface area contributed by atoms with Gasteiger partial charge in [0.1, 0.15) is 11.5 Å². The van der Waals surface area contributed by atoms with Gasteiger partial charge in [-0.2, -0.15) is 0 Å². The number of hydrogen-bond acceptors (Lipinski definition) is 6. The monoisotopic (exact) mass is 510 g/mol. The van der Waals surface area contributed by atoms with Crippen molar-refractivity contribution in [1.82, 2.24) is 0 Å². The van der Waals surface area contributed by atoms with Gasteiger partial charge in [-0.25, -0.2) is 4.79 Å². The molecule has 0 heterocycles. The van der Waals surface area contributed by atoms with Crippen LogP contribution in [0, 0.1) is 17.3 Å². The molecule has 7 heteroatoms. The van der Waals surface area contributed by atoms with E-state index in [-0.39, 0.29) is 53.3 Å². The summed E-state index contributed by atoms with van der Waals surface area (Å²) in [7, 11) is 0. The van der Waals surface area contributed by atoms with Gasteiger partial charge in [0, 0.05) is 18.8 Å². The molecule has 208 valence electrons. The van der Waals surface area contributed by atoms with E-state index in [1.54, 1.807) is 6.92 Å².